The average Bonchev–Trinajstić information content (AvgIpc) is 2.40. The summed E-state index contributed by atoms with van der Waals surface area (Å²) in [5, 5.41) is 12.1. The number of carbonyl (C=O) groups excluding carboxylic acids is 1. The van der Waals surface area contributed by atoms with Gasteiger partial charge in [0.15, 0.2) is 0 Å². The molecule has 1 amide bonds. The van der Waals surface area contributed by atoms with E-state index in [1.165, 1.54) is 0 Å². The maximum absolute atomic E-state index is 12.0. The quantitative estimate of drug-likeness (QED) is 0.733. The average molecular weight is 264 g/mol. The summed E-state index contributed by atoms with van der Waals surface area (Å²) < 4.78 is 0. The second-order valence-electron chi connectivity index (χ2n) is 5.16. The zero-order valence-corrected chi connectivity index (χ0v) is 11.9. The van der Waals surface area contributed by atoms with E-state index in [4.69, 9.17) is 5.73 Å². The minimum atomic E-state index is -0.559. The first-order valence-corrected chi connectivity index (χ1v) is 6.77. The molecule has 0 fully saturated rings. The molecule has 0 aromatic heterocycles. The summed E-state index contributed by atoms with van der Waals surface area (Å²) in [5.74, 6) is 0.526. The Bertz CT molecular complexity index is 403. The standard InChI is InChI=1S/C15H24N2O2/c1-4-10(2)11(3)17-15(19)14(16)9-12-5-7-13(18)8-6-12/h5-8,10-11,14,18H,4,9,16H2,1-3H3,(H,17,19)/t10?,11?,14-/m0/s1. The van der Waals surface area contributed by atoms with E-state index in [0.29, 0.717) is 12.3 Å². The molecule has 0 aliphatic rings. The predicted octanol–water partition coefficient (Wildman–Crippen LogP) is 1.81. The number of amides is 1. The van der Waals surface area contributed by atoms with E-state index in [1.807, 2.05) is 6.92 Å². The van der Waals surface area contributed by atoms with Gasteiger partial charge in [-0.05, 0) is 37.0 Å². The van der Waals surface area contributed by atoms with Crippen LogP contribution in [0.25, 0.3) is 0 Å². The molecule has 4 N–H and O–H groups in total. The van der Waals surface area contributed by atoms with Gasteiger partial charge in [0.2, 0.25) is 5.91 Å². The SMILES string of the molecule is CCC(C)C(C)NC(=O)[C@@H](N)Cc1ccc(O)cc1. The fourth-order valence-corrected chi connectivity index (χ4v) is 1.81. The van der Waals surface area contributed by atoms with Crippen LogP contribution in [0.15, 0.2) is 24.3 Å². The predicted molar refractivity (Wildman–Crippen MR) is 76.8 cm³/mol. The van der Waals surface area contributed by atoms with Gasteiger partial charge in [-0.2, -0.15) is 0 Å². The summed E-state index contributed by atoms with van der Waals surface area (Å²) in [6.45, 7) is 6.21. The molecule has 0 bridgehead atoms. The van der Waals surface area contributed by atoms with Gasteiger partial charge in [-0.15, -0.1) is 0 Å². The number of nitrogens with one attached hydrogen (secondary N) is 1. The third-order valence-electron chi connectivity index (χ3n) is 3.60. The molecule has 106 valence electrons. The molecule has 4 nitrogen and oxygen atoms in total. The van der Waals surface area contributed by atoms with Crippen LogP contribution in [-0.2, 0) is 11.2 Å². The molecule has 0 saturated heterocycles. The molecule has 2 unspecified atom stereocenters. The second-order valence-corrected chi connectivity index (χ2v) is 5.16. The molecule has 0 saturated carbocycles. The van der Waals surface area contributed by atoms with Crippen molar-refractivity contribution in [2.45, 2.75) is 45.7 Å². The van der Waals surface area contributed by atoms with Crippen LogP contribution in [0.3, 0.4) is 0 Å². The number of hydrogen-bond acceptors (Lipinski definition) is 3. The van der Waals surface area contributed by atoms with Crippen molar-refractivity contribution in [3.8, 4) is 5.75 Å². The molecular formula is C15H24N2O2. The molecule has 1 rings (SSSR count). The third-order valence-corrected chi connectivity index (χ3v) is 3.60. The Hall–Kier alpha value is -1.55. The van der Waals surface area contributed by atoms with Gasteiger partial charge < -0.3 is 16.2 Å². The Kier molecular flexibility index (Phi) is 5.83. The summed E-state index contributed by atoms with van der Waals surface area (Å²) in [6.07, 6.45) is 1.49. The molecule has 0 aliphatic carbocycles. The molecule has 19 heavy (non-hydrogen) atoms. The van der Waals surface area contributed by atoms with Crippen molar-refractivity contribution < 1.29 is 9.90 Å². The van der Waals surface area contributed by atoms with E-state index >= 15 is 0 Å². The van der Waals surface area contributed by atoms with Gasteiger partial charge in [-0.25, -0.2) is 0 Å². The molecule has 0 radical (unpaired) electrons. The highest BCUT2D eigenvalue weighted by Crippen LogP contribution is 2.11. The van der Waals surface area contributed by atoms with E-state index in [0.717, 1.165) is 12.0 Å². The molecular weight excluding hydrogens is 240 g/mol. The molecule has 0 heterocycles. The fourth-order valence-electron chi connectivity index (χ4n) is 1.81. The topological polar surface area (TPSA) is 75.4 Å². The Morgan fingerprint density at radius 1 is 1.32 bits per heavy atom. The summed E-state index contributed by atoms with van der Waals surface area (Å²) in [4.78, 5) is 12.0. The van der Waals surface area contributed by atoms with Crippen molar-refractivity contribution in [1.82, 2.24) is 5.32 Å². The minimum absolute atomic E-state index is 0.124. The second kappa shape index (κ2) is 7.14. The third kappa shape index (κ3) is 4.91. The largest absolute Gasteiger partial charge is 0.508 e. The number of phenols is 1. The van der Waals surface area contributed by atoms with Crippen LogP contribution in [0.5, 0.6) is 5.75 Å². The zero-order valence-electron chi connectivity index (χ0n) is 11.9. The lowest BCUT2D eigenvalue weighted by molar-refractivity contribution is -0.123. The highest BCUT2D eigenvalue weighted by molar-refractivity contribution is 5.82. The summed E-state index contributed by atoms with van der Waals surface area (Å²) in [5.41, 5.74) is 6.84. The monoisotopic (exact) mass is 264 g/mol. The van der Waals surface area contributed by atoms with Crippen molar-refractivity contribution in [3.05, 3.63) is 29.8 Å². The highest BCUT2D eigenvalue weighted by Gasteiger charge is 2.18. The maximum Gasteiger partial charge on any atom is 0.237 e. The van der Waals surface area contributed by atoms with E-state index < -0.39 is 6.04 Å². The van der Waals surface area contributed by atoms with Gasteiger partial charge >= 0.3 is 0 Å². The minimum Gasteiger partial charge on any atom is -0.508 e. The van der Waals surface area contributed by atoms with Crippen LogP contribution in [-0.4, -0.2) is 23.1 Å². The van der Waals surface area contributed by atoms with Crippen LogP contribution in [0.4, 0.5) is 0 Å². The number of nitrogens with two attached hydrogens (primary N) is 1. The number of aromatic hydroxyl groups is 1. The van der Waals surface area contributed by atoms with Crippen LogP contribution in [0.1, 0.15) is 32.8 Å². The van der Waals surface area contributed by atoms with E-state index in [9.17, 15) is 9.90 Å². The van der Waals surface area contributed by atoms with Gasteiger partial charge in [-0.1, -0.05) is 32.4 Å². The smallest absolute Gasteiger partial charge is 0.237 e. The molecule has 0 aliphatic heterocycles. The Morgan fingerprint density at radius 2 is 1.89 bits per heavy atom. The van der Waals surface area contributed by atoms with Gasteiger partial charge in [0.1, 0.15) is 5.75 Å². The van der Waals surface area contributed by atoms with Crippen LogP contribution >= 0.6 is 0 Å². The van der Waals surface area contributed by atoms with Crippen molar-refractivity contribution in [2.75, 3.05) is 0 Å². The molecule has 0 spiro atoms. The van der Waals surface area contributed by atoms with Crippen molar-refractivity contribution in [3.63, 3.8) is 0 Å². The van der Waals surface area contributed by atoms with Gasteiger partial charge in [0.05, 0.1) is 6.04 Å². The molecule has 1 aromatic carbocycles. The number of benzene rings is 1. The number of hydrogen-bond donors (Lipinski definition) is 3. The van der Waals surface area contributed by atoms with E-state index in [-0.39, 0.29) is 17.7 Å². The lowest BCUT2D eigenvalue weighted by Gasteiger charge is -2.22. The van der Waals surface area contributed by atoms with Crippen molar-refractivity contribution in [1.29, 1.82) is 0 Å². The van der Waals surface area contributed by atoms with Gasteiger partial charge in [-0.3, -0.25) is 4.79 Å². The van der Waals surface area contributed by atoms with Crippen LogP contribution < -0.4 is 11.1 Å². The van der Waals surface area contributed by atoms with Crippen molar-refractivity contribution in [2.24, 2.45) is 11.7 Å². The first kappa shape index (κ1) is 15.5. The van der Waals surface area contributed by atoms with E-state index in [1.54, 1.807) is 24.3 Å². The number of rotatable bonds is 6. The first-order valence-electron chi connectivity index (χ1n) is 6.77. The van der Waals surface area contributed by atoms with Crippen LogP contribution in [0, 0.1) is 5.92 Å². The first-order chi connectivity index (χ1) is 8.93. The lowest BCUT2D eigenvalue weighted by Crippen LogP contribution is -2.47. The molecule has 4 heteroatoms. The van der Waals surface area contributed by atoms with Crippen molar-refractivity contribution >= 4 is 5.91 Å². The highest BCUT2D eigenvalue weighted by atomic mass is 16.3. The zero-order chi connectivity index (χ0) is 14.4. The Balaban J connectivity index is 2.51. The summed E-state index contributed by atoms with van der Waals surface area (Å²) >= 11 is 0. The van der Waals surface area contributed by atoms with E-state index in [2.05, 4.69) is 19.2 Å². The van der Waals surface area contributed by atoms with Gasteiger partial charge in [0, 0.05) is 6.04 Å². The maximum atomic E-state index is 12.0. The molecule has 1 aromatic rings. The lowest BCUT2D eigenvalue weighted by atomic mass is 10.00. The summed E-state index contributed by atoms with van der Waals surface area (Å²) in [7, 11) is 0. The summed E-state index contributed by atoms with van der Waals surface area (Å²) in [6, 6.07) is 6.32. The Labute approximate surface area is 115 Å². The van der Waals surface area contributed by atoms with Gasteiger partial charge in [0.25, 0.3) is 0 Å². The Morgan fingerprint density at radius 3 is 2.42 bits per heavy atom. The number of carbonyl (C=O) groups is 1. The molecule has 3 atom stereocenters. The van der Waals surface area contributed by atoms with Crippen LogP contribution in [0.2, 0.25) is 0 Å². The normalized spacial score (nSPS) is 15.6. The fraction of sp³-hybridized carbons (Fsp3) is 0.533. The number of phenolic OH excluding ortho intramolecular Hbond substituents is 1.